The fourth-order valence-corrected chi connectivity index (χ4v) is 4.75. The number of hydrogen-bond donors (Lipinski definition) is 2. The average Bonchev–Trinajstić information content (AvgIpc) is 2.69. The molecular formula is C21H27N3O4. The third-order valence-electron chi connectivity index (χ3n) is 6.44. The molecule has 2 fully saturated rings. The van der Waals surface area contributed by atoms with Crippen LogP contribution in [0.2, 0.25) is 0 Å². The summed E-state index contributed by atoms with van der Waals surface area (Å²) in [4.78, 5) is 41.9. The van der Waals surface area contributed by atoms with E-state index in [1.807, 2.05) is 4.90 Å². The molecule has 4 rings (SSSR count). The molecule has 2 N–H and O–H groups in total. The van der Waals surface area contributed by atoms with Crippen molar-refractivity contribution in [3.8, 4) is 0 Å². The van der Waals surface area contributed by atoms with Crippen LogP contribution in [0.25, 0.3) is 10.9 Å². The van der Waals surface area contributed by atoms with Crippen molar-refractivity contribution in [2.75, 3.05) is 13.1 Å². The first-order chi connectivity index (χ1) is 13.5. The zero-order valence-corrected chi connectivity index (χ0v) is 16.0. The van der Waals surface area contributed by atoms with Gasteiger partial charge in [-0.3, -0.25) is 14.2 Å². The second-order valence-electron chi connectivity index (χ2n) is 8.17. The monoisotopic (exact) mass is 385 g/mol. The van der Waals surface area contributed by atoms with Crippen LogP contribution in [0.1, 0.15) is 44.9 Å². The molecule has 2 heterocycles. The van der Waals surface area contributed by atoms with Crippen molar-refractivity contribution in [2.24, 2.45) is 5.92 Å². The number of piperidine rings is 1. The molecule has 1 amide bonds. The van der Waals surface area contributed by atoms with Gasteiger partial charge in [0, 0.05) is 32.0 Å². The summed E-state index contributed by atoms with van der Waals surface area (Å²) in [6.07, 6.45) is 5.37. The molecule has 1 aliphatic carbocycles. The van der Waals surface area contributed by atoms with Gasteiger partial charge < -0.3 is 15.0 Å². The molecule has 1 saturated carbocycles. The van der Waals surface area contributed by atoms with Crippen LogP contribution in [0, 0.1) is 5.92 Å². The Hall–Kier alpha value is -2.41. The minimum absolute atomic E-state index is 0.0397. The van der Waals surface area contributed by atoms with E-state index in [4.69, 9.17) is 0 Å². The minimum Gasteiger partial charge on any atom is -0.389 e. The highest BCUT2D eigenvalue weighted by Crippen LogP contribution is 2.39. The Morgan fingerprint density at radius 1 is 1.21 bits per heavy atom. The number of amides is 1. The molecule has 28 heavy (non-hydrogen) atoms. The maximum absolute atomic E-state index is 12.6. The number of likely N-dealkylation sites (tertiary alicyclic amines) is 1. The summed E-state index contributed by atoms with van der Waals surface area (Å²) in [7, 11) is 0. The molecule has 0 unspecified atom stereocenters. The smallest absolute Gasteiger partial charge is 0.328 e. The van der Waals surface area contributed by atoms with Crippen LogP contribution in [0.15, 0.2) is 33.9 Å². The van der Waals surface area contributed by atoms with E-state index in [0.717, 1.165) is 25.7 Å². The number of aromatic nitrogens is 2. The van der Waals surface area contributed by atoms with Gasteiger partial charge in [0.05, 0.1) is 16.5 Å². The van der Waals surface area contributed by atoms with Crippen LogP contribution in [0.4, 0.5) is 0 Å². The van der Waals surface area contributed by atoms with Gasteiger partial charge in [-0.1, -0.05) is 25.0 Å². The van der Waals surface area contributed by atoms with Gasteiger partial charge in [-0.25, -0.2) is 4.79 Å². The number of nitrogens with zero attached hydrogens (tertiary/aromatic N) is 2. The van der Waals surface area contributed by atoms with Crippen LogP contribution in [0.5, 0.6) is 0 Å². The highest BCUT2D eigenvalue weighted by atomic mass is 16.3. The van der Waals surface area contributed by atoms with Crippen LogP contribution >= 0.6 is 0 Å². The van der Waals surface area contributed by atoms with E-state index in [2.05, 4.69) is 4.98 Å². The average molecular weight is 385 g/mol. The van der Waals surface area contributed by atoms with Crippen molar-refractivity contribution in [1.29, 1.82) is 0 Å². The third-order valence-corrected chi connectivity index (χ3v) is 6.44. The number of hydrogen-bond acceptors (Lipinski definition) is 4. The molecule has 150 valence electrons. The summed E-state index contributed by atoms with van der Waals surface area (Å²) >= 11 is 0. The summed E-state index contributed by atoms with van der Waals surface area (Å²) in [5.74, 6) is 0.211. The Morgan fingerprint density at radius 3 is 2.89 bits per heavy atom. The Morgan fingerprint density at radius 2 is 2.04 bits per heavy atom. The van der Waals surface area contributed by atoms with E-state index in [-0.39, 0.29) is 23.9 Å². The first-order valence-electron chi connectivity index (χ1n) is 10.2. The molecule has 7 heteroatoms. The molecular weight excluding hydrogens is 358 g/mol. The number of benzene rings is 1. The molecule has 1 aliphatic heterocycles. The van der Waals surface area contributed by atoms with Gasteiger partial charge in [0.15, 0.2) is 0 Å². The molecule has 2 aromatic rings. The van der Waals surface area contributed by atoms with Gasteiger partial charge >= 0.3 is 5.69 Å². The highest BCUT2D eigenvalue weighted by Gasteiger charge is 2.43. The summed E-state index contributed by atoms with van der Waals surface area (Å²) in [6, 6.07) is 6.93. The third kappa shape index (κ3) is 3.51. The molecule has 1 saturated heterocycles. The number of rotatable bonds is 4. The molecule has 0 radical (unpaired) electrons. The largest absolute Gasteiger partial charge is 0.389 e. The zero-order chi connectivity index (χ0) is 19.7. The van der Waals surface area contributed by atoms with Gasteiger partial charge in [0.2, 0.25) is 5.91 Å². The molecule has 1 aromatic carbocycles. The fourth-order valence-electron chi connectivity index (χ4n) is 4.75. The van der Waals surface area contributed by atoms with Gasteiger partial charge in [0.1, 0.15) is 0 Å². The number of aromatic amines is 1. The molecule has 2 atom stereocenters. The predicted octanol–water partition coefficient (Wildman–Crippen LogP) is 1.62. The van der Waals surface area contributed by atoms with Crippen molar-refractivity contribution in [2.45, 2.75) is 57.1 Å². The molecule has 1 aromatic heterocycles. The Kier molecular flexibility index (Phi) is 5.10. The first kappa shape index (κ1) is 18.9. The number of carbonyl (C=O) groups excluding carboxylic acids is 1. The summed E-state index contributed by atoms with van der Waals surface area (Å²) < 4.78 is 1.17. The number of fused-ring (bicyclic) bond motifs is 2. The zero-order valence-electron chi connectivity index (χ0n) is 16.0. The lowest BCUT2D eigenvalue weighted by Gasteiger charge is -2.47. The first-order valence-corrected chi connectivity index (χ1v) is 10.2. The van der Waals surface area contributed by atoms with Gasteiger partial charge in [-0.15, -0.1) is 0 Å². The van der Waals surface area contributed by atoms with E-state index in [1.165, 1.54) is 4.57 Å². The maximum Gasteiger partial charge on any atom is 0.328 e. The van der Waals surface area contributed by atoms with Crippen molar-refractivity contribution in [3.63, 3.8) is 0 Å². The van der Waals surface area contributed by atoms with Crippen molar-refractivity contribution in [3.05, 3.63) is 45.1 Å². The Labute approximate surface area is 163 Å². The van der Waals surface area contributed by atoms with Crippen LogP contribution < -0.4 is 11.2 Å². The van der Waals surface area contributed by atoms with Crippen molar-refractivity contribution in [1.82, 2.24) is 14.5 Å². The van der Waals surface area contributed by atoms with Crippen molar-refractivity contribution >= 4 is 16.8 Å². The van der Waals surface area contributed by atoms with E-state index >= 15 is 0 Å². The summed E-state index contributed by atoms with van der Waals surface area (Å²) in [5.41, 5.74) is -0.836. The minimum atomic E-state index is -0.596. The Bertz CT molecular complexity index is 995. The molecule has 2 aliphatic rings. The van der Waals surface area contributed by atoms with E-state index in [9.17, 15) is 19.5 Å². The number of H-pyrrole nitrogens is 1. The molecule has 0 spiro atoms. The van der Waals surface area contributed by atoms with Gasteiger partial charge in [-0.2, -0.15) is 0 Å². The maximum atomic E-state index is 12.6. The number of aliphatic hydroxyl groups is 1. The number of nitrogens with one attached hydrogen (secondary N) is 1. The van der Waals surface area contributed by atoms with Gasteiger partial charge in [-0.05, 0) is 37.8 Å². The number of para-hydroxylation sites is 1. The fraction of sp³-hybridized carbons (Fsp3) is 0.571. The summed E-state index contributed by atoms with van der Waals surface area (Å²) in [6.45, 7) is 1.42. The Balaban J connectivity index is 1.38. The predicted molar refractivity (Wildman–Crippen MR) is 106 cm³/mol. The van der Waals surface area contributed by atoms with E-state index in [0.29, 0.717) is 43.3 Å². The van der Waals surface area contributed by atoms with Crippen molar-refractivity contribution < 1.29 is 9.90 Å². The van der Waals surface area contributed by atoms with E-state index < -0.39 is 11.3 Å². The second kappa shape index (κ2) is 7.54. The van der Waals surface area contributed by atoms with Crippen LogP contribution in [-0.4, -0.2) is 44.2 Å². The van der Waals surface area contributed by atoms with Crippen LogP contribution in [0.3, 0.4) is 0 Å². The van der Waals surface area contributed by atoms with Crippen LogP contribution in [-0.2, 0) is 11.3 Å². The molecule has 0 bridgehead atoms. The van der Waals surface area contributed by atoms with Gasteiger partial charge in [0.25, 0.3) is 5.56 Å². The lowest BCUT2D eigenvalue weighted by molar-refractivity contribution is -0.143. The number of carbonyl (C=O) groups is 1. The second-order valence-corrected chi connectivity index (χ2v) is 8.17. The molecule has 7 nitrogen and oxygen atoms in total. The standard InChI is InChI=1S/C21H27N3O4/c25-18(23-13-11-21(28)10-4-3-6-15(21)14-23)9-5-12-24-19(26)16-7-1-2-8-17(16)22-20(24)27/h1-2,7-8,15,28H,3-6,9-14H2,(H,22,27)/t15-,21+/m0/s1. The lowest BCUT2D eigenvalue weighted by atomic mass is 9.71. The van der Waals surface area contributed by atoms with E-state index in [1.54, 1.807) is 24.3 Å². The lowest BCUT2D eigenvalue weighted by Crippen LogP contribution is -2.54. The quantitative estimate of drug-likeness (QED) is 0.836. The normalized spacial score (nSPS) is 24.9. The SMILES string of the molecule is O=C(CCCn1c(=O)[nH]c2ccccc2c1=O)N1CC[C@]2(O)CCCC[C@H]2C1. The highest BCUT2D eigenvalue weighted by molar-refractivity contribution is 5.77. The summed E-state index contributed by atoms with van der Waals surface area (Å²) in [5, 5.41) is 11.2. The topological polar surface area (TPSA) is 95.4 Å².